The molecule has 0 saturated carbocycles. The summed E-state index contributed by atoms with van der Waals surface area (Å²) in [5.41, 5.74) is 11.7. The molecule has 3 heteroatoms. The lowest BCUT2D eigenvalue weighted by molar-refractivity contribution is 1.29. The summed E-state index contributed by atoms with van der Waals surface area (Å²) in [7, 11) is 0. The van der Waals surface area contributed by atoms with Gasteiger partial charge in [0.05, 0.1) is 16.7 Å². The standard InChI is InChI=1S/C50H33N3/c1-2-11-36(12-3-1)47-33-49(52-48-15-8-28-51-50(47)48)37-21-24-44(25-22-37)53(45-26-20-35-10-5-7-14-39(35)31-45)46-27-23-42-30-41(18-19-43(42)32-46)40-17-16-34-9-4-6-13-38(34)29-40/h1-33H. The molecular formula is C50H33N3. The zero-order chi connectivity index (χ0) is 35.1. The first-order valence-corrected chi connectivity index (χ1v) is 18.0. The Balaban J connectivity index is 1.06. The van der Waals surface area contributed by atoms with Gasteiger partial charge in [-0.25, -0.2) is 4.98 Å². The van der Waals surface area contributed by atoms with Crippen LogP contribution in [0.5, 0.6) is 0 Å². The number of anilines is 3. The van der Waals surface area contributed by atoms with Crippen molar-refractivity contribution in [3.63, 3.8) is 0 Å². The van der Waals surface area contributed by atoms with Crippen molar-refractivity contribution < 1.29 is 0 Å². The van der Waals surface area contributed by atoms with Gasteiger partial charge in [-0.15, -0.1) is 0 Å². The van der Waals surface area contributed by atoms with Crippen LogP contribution in [0.1, 0.15) is 0 Å². The molecule has 2 heterocycles. The number of hydrogen-bond acceptors (Lipinski definition) is 3. The van der Waals surface area contributed by atoms with Crippen LogP contribution < -0.4 is 4.90 Å². The van der Waals surface area contributed by atoms with E-state index < -0.39 is 0 Å². The molecule has 0 N–H and O–H groups in total. The topological polar surface area (TPSA) is 29.0 Å². The molecule has 0 atom stereocenters. The van der Waals surface area contributed by atoms with Gasteiger partial charge in [0.1, 0.15) is 0 Å². The van der Waals surface area contributed by atoms with E-state index in [4.69, 9.17) is 9.97 Å². The van der Waals surface area contributed by atoms with Gasteiger partial charge in [0.2, 0.25) is 0 Å². The van der Waals surface area contributed by atoms with Gasteiger partial charge in [0.15, 0.2) is 0 Å². The highest BCUT2D eigenvalue weighted by Crippen LogP contribution is 2.39. The molecule has 0 aliphatic carbocycles. The molecule has 0 spiro atoms. The Labute approximate surface area is 308 Å². The number of rotatable bonds is 6. The third-order valence-corrected chi connectivity index (χ3v) is 10.2. The van der Waals surface area contributed by atoms with E-state index in [-0.39, 0.29) is 0 Å². The minimum absolute atomic E-state index is 0.880. The van der Waals surface area contributed by atoms with E-state index in [9.17, 15) is 0 Å². The molecular weight excluding hydrogens is 643 g/mol. The molecule has 0 aliphatic heterocycles. The molecule has 0 aliphatic rings. The van der Waals surface area contributed by atoms with E-state index in [1.165, 1.54) is 43.4 Å². The molecule has 10 rings (SSSR count). The number of aromatic nitrogens is 2. The smallest absolute Gasteiger partial charge is 0.0965 e. The van der Waals surface area contributed by atoms with Crippen LogP contribution in [-0.4, -0.2) is 9.97 Å². The van der Waals surface area contributed by atoms with Gasteiger partial charge in [0.25, 0.3) is 0 Å². The van der Waals surface area contributed by atoms with Gasteiger partial charge in [-0.1, -0.05) is 127 Å². The van der Waals surface area contributed by atoms with Crippen LogP contribution in [0.2, 0.25) is 0 Å². The molecule has 0 bridgehead atoms. The van der Waals surface area contributed by atoms with Crippen molar-refractivity contribution in [3.8, 4) is 33.5 Å². The van der Waals surface area contributed by atoms with Gasteiger partial charge in [-0.2, -0.15) is 0 Å². The largest absolute Gasteiger partial charge is 0.310 e. The van der Waals surface area contributed by atoms with Crippen molar-refractivity contribution in [2.75, 3.05) is 4.90 Å². The molecule has 2 aromatic heterocycles. The average Bonchev–Trinajstić information content (AvgIpc) is 3.23. The van der Waals surface area contributed by atoms with Crippen LogP contribution >= 0.6 is 0 Å². The van der Waals surface area contributed by atoms with Crippen molar-refractivity contribution in [1.82, 2.24) is 9.97 Å². The third kappa shape index (κ3) is 5.75. The fourth-order valence-corrected chi connectivity index (χ4v) is 7.51. The van der Waals surface area contributed by atoms with E-state index in [2.05, 4.69) is 181 Å². The molecule has 248 valence electrons. The first-order valence-electron chi connectivity index (χ1n) is 18.0. The van der Waals surface area contributed by atoms with Gasteiger partial charge >= 0.3 is 0 Å². The fraction of sp³-hybridized carbons (Fsp3) is 0. The first kappa shape index (κ1) is 30.7. The molecule has 53 heavy (non-hydrogen) atoms. The predicted molar refractivity (Wildman–Crippen MR) is 223 cm³/mol. The van der Waals surface area contributed by atoms with Crippen LogP contribution in [0.15, 0.2) is 200 Å². The normalized spacial score (nSPS) is 11.4. The second-order valence-electron chi connectivity index (χ2n) is 13.5. The first-order chi connectivity index (χ1) is 26.2. The van der Waals surface area contributed by atoms with E-state index in [0.29, 0.717) is 0 Å². The summed E-state index contributed by atoms with van der Waals surface area (Å²) in [6.07, 6.45) is 1.84. The summed E-state index contributed by atoms with van der Waals surface area (Å²) in [4.78, 5) is 12.1. The predicted octanol–water partition coefficient (Wildman–Crippen LogP) is 13.6. The number of fused-ring (bicyclic) bond motifs is 4. The minimum atomic E-state index is 0.880. The summed E-state index contributed by atoms with van der Waals surface area (Å²) in [6.45, 7) is 0. The van der Waals surface area contributed by atoms with Gasteiger partial charge in [-0.05, 0) is 116 Å². The number of pyridine rings is 2. The molecule has 8 aromatic carbocycles. The van der Waals surface area contributed by atoms with Crippen molar-refractivity contribution in [1.29, 1.82) is 0 Å². The van der Waals surface area contributed by atoms with E-state index in [1.54, 1.807) is 0 Å². The fourth-order valence-electron chi connectivity index (χ4n) is 7.51. The maximum atomic E-state index is 5.06. The Morgan fingerprint density at radius 1 is 0.340 bits per heavy atom. The van der Waals surface area contributed by atoms with Crippen LogP contribution in [0.3, 0.4) is 0 Å². The third-order valence-electron chi connectivity index (χ3n) is 10.2. The van der Waals surface area contributed by atoms with E-state index in [1.807, 2.05) is 24.4 Å². The average molecular weight is 676 g/mol. The highest BCUT2D eigenvalue weighted by atomic mass is 15.1. The van der Waals surface area contributed by atoms with E-state index in [0.717, 1.165) is 50.5 Å². The van der Waals surface area contributed by atoms with Crippen LogP contribution in [0.4, 0.5) is 17.1 Å². The number of nitrogens with zero attached hydrogens (tertiary/aromatic N) is 3. The lowest BCUT2D eigenvalue weighted by Crippen LogP contribution is -2.10. The molecule has 0 amide bonds. The van der Waals surface area contributed by atoms with Gasteiger partial charge in [0, 0.05) is 34.4 Å². The summed E-state index contributed by atoms with van der Waals surface area (Å²) in [5.74, 6) is 0. The Kier molecular flexibility index (Phi) is 7.47. The Morgan fingerprint density at radius 3 is 1.55 bits per heavy atom. The number of benzene rings is 8. The lowest BCUT2D eigenvalue weighted by atomic mass is 9.98. The molecule has 0 saturated heterocycles. The molecule has 3 nitrogen and oxygen atoms in total. The monoisotopic (exact) mass is 675 g/mol. The Bertz CT molecular complexity index is 2950. The van der Waals surface area contributed by atoms with E-state index >= 15 is 0 Å². The van der Waals surface area contributed by atoms with Crippen LogP contribution in [-0.2, 0) is 0 Å². The lowest BCUT2D eigenvalue weighted by Gasteiger charge is -2.26. The summed E-state index contributed by atoms with van der Waals surface area (Å²) < 4.78 is 0. The minimum Gasteiger partial charge on any atom is -0.310 e. The molecule has 0 fully saturated rings. The zero-order valence-corrected chi connectivity index (χ0v) is 28.9. The number of hydrogen-bond donors (Lipinski definition) is 0. The van der Waals surface area contributed by atoms with Gasteiger partial charge in [-0.3, -0.25) is 4.98 Å². The second-order valence-corrected chi connectivity index (χ2v) is 13.5. The van der Waals surface area contributed by atoms with Gasteiger partial charge < -0.3 is 4.90 Å². The van der Waals surface area contributed by atoms with Crippen LogP contribution in [0, 0.1) is 0 Å². The van der Waals surface area contributed by atoms with Crippen molar-refractivity contribution in [3.05, 3.63) is 200 Å². The molecule has 10 aromatic rings. The Hall–Kier alpha value is -7.10. The SMILES string of the molecule is c1ccc(-c2cc(-c3ccc(N(c4ccc5ccccc5c4)c4ccc5cc(-c6ccc7ccccc7c6)ccc5c4)cc3)nc3cccnc23)cc1. The van der Waals surface area contributed by atoms with Crippen molar-refractivity contribution >= 4 is 60.4 Å². The molecule has 0 unspecified atom stereocenters. The summed E-state index contributed by atoms with van der Waals surface area (Å²) in [6, 6.07) is 69.4. The second kappa shape index (κ2) is 12.9. The maximum absolute atomic E-state index is 5.06. The highest BCUT2D eigenvalue weighted by molar-refractivity contribution is 5.96. The zero-order valence-electron chi connectivity index (χ0n) is 28.9. The maximum Gasteiger partial charge on any atom is 0.0965 e. The Morgan fingerprint density at radius 2 is 0.849 bits per heavy atom. The molecule has 0 radical (unpaired) electrons. The summed E-state index contributed by atoms with van der Waals surface area (Å²) in [5, 5.41) is 7.33. The quantitative estimate of drug-likeness (QED) is 0.176. The van der Waals surface area contributed by atoms with Crippen molar-refractivity contribution in [2.24, 2.45) is 0 Å². The van der Waals surface area contributed by atoms with Crippen LogP contribution in [0.25, 0.3) is 76.9 Å². The van der Waals surface area contributed by atoms with Crippen molar-refractivity contribution in [2.45, 2.75) is 0 Å². The summed E-state index contributed by atoms with van der Waals surface area (Å²) >= 11 is 0. The highest BCUT2D eigenvalue weighted by Gasteiger charge is 2.16.